The van der Waals surface area contributed by atoms with Crippen molar-refractivity contribution in [2.24, 2.45) is 0 Å². The van der Waals surface area contributed by atoms with Crippen LogP contribution in [-0.2, 0) is 4.74 Å². The van der Waals surface area contributed by atoms with Crippen LogP contribution in [0.1, 0.15) is 52.4 Å². The molecule has 3 atom stereocenters. The van der Waals surface area contributed by atoms with Crippen molar-refractivity contribution in [2.45, 2.75) is 70.6 Å². The first-order valence-electron chi connectivity index (χ1n) is 7.90. The molecule has 1 aliphatic carbocycles. The first-order chi connectivity index (χ1) is 8.81. The van der Waals surface area contributed by atoms with Crippen LogP contribution < -0.4 is 5.32 Å². The molecule has 0 spiro atoms. The summed E-state index contributed by atoms with van der Waals surface area (Å²) in [5, 5.41) is 3.77. The molecule has 0 amide bonds. The average Bonchev–Trinajstić information content (AvgIpc) is 2.61. The second-order valence-electron chi connectivity index (χ2n) is 5.94. The zero-order chi connectivity index (χ0) is 12.8. The Morgan fingerprint density at radius 2 is 2.06 bits per heavy atom. The Hall–Kier alpha value is -0.120. The Morgan fingerprint density at radius 1 is 1.22 bits per heavy atom. The number of rotatable bonds is 4. The number of ether oxygens (including phenoxy) is 1. The van der Waals surface area contributed by atoms with Crippen molar-refractivity contribution in [3.63, 3.8) is 0 Å². The van der Waals surface area contributed by atoms with Crippen LogP contribution in [0.5, 0.6) is 0 Å². The summed E-state index contributed by atoms with van der Waals surface area (Å²) < 4.78 is 5.78. The Kier molecular flexibility index (Phi) is 5.93. The largest absolute Gasteiger partial charge is 0.377 e. The SMILES string of the molecule is CCCNC1CCCCC1N1CCCOC(C)C1. The molecule has 2 aliphatic rings. The van der Waals surface area contributed by atoms with Crippen LogP contribution >= 0.6 is 0 Å². The lowest BCUT2D eigenvalue weighted by Gasteiger charge is -2.40. The van der Waals surface area contributed by atoms with Crippen LogP contribution in [0, 0.1) is 0 Å². The number of nitrogens with one attached hydrogen (secondary N) is 1. The van der Waals surface area contributed by atoms with E-state index in [-0.39, 0.29) is 0 Å². The van der Waals surface area contributed by atoms with E-state index in [9.17, 15) is 0 Å². The summed E-state index contributed by atoms with van der Waals surface area (Å²) in [5.41, 5.74) is 0. The summed E-state index contributed by atoms with van der Waals surface area (Å²) >= 11 is 0. The molecule has 0 aromatic rings. The zero-order valence-corrected chi connectivity index (χ0v) is 12.2. The van der Waals surface area contributed by atoms with Gasteiger partial charge in [0, 0.05) is 31.8 Å². The van der Waals surface area contributed by atoms with E-state index < -0.39 is 0 Å². The lowest BCUT2D eigenvalue weighted by Crippen LogP contribution is -2.53. The second kappa shape index (κ2) is 7.46. The highest BCUT2D eigenvalue weighted by molar-refractivity contribution is 4.89. The lowest BCUT2D eigenvalue weighted by molar-refractivity contribution is 0.0502. The van der Waals surface area contributed by atoms with Crippen LogP contribution in [0.2, 0.25) is 0 Å². The molecule has 18 heavy (non-hydrogen) atoms. The van der Waals surface area contributed by atoms with Crippen molar-refractivity contribution >= 4 is 0 Å². The average molecular weight is 254 g/mol. The first kappa shape index (κ1) is 14.3. The molecule has 106 valence electrons. The topological polar surface area (TPSA) is 24.5 Å². The van der Waals surface area contributed by atoms with Crippen molar-refractivity contribution in [2.75, 3.05) is 26.2 Å². The smallest absolute Gasteiger partial charge is 0.0674 e. The molecule has 0 aromatic heterocycles. The van der Waals surface area contributed by atoms with Crippen LogP contribution in [0.25, 0.3) is 0 Å². The van der Waals surface area contributed by atoms with Crippen molar-refractivity contribution in [3.05, 3.63) is 0 Å². The maximum absolute atomic E-state index is 5.78. The molecule has 2 fully saturated rings. The standard InChI is InChI=1S/C15H30N2O/c1-3-9-16-14-7-4-5-8-15(14)17-10-6-11-18-13(2)12-17/h13-16H,3-12H2,1-2H3. The van der Waals surface area contributed by atoms with E-state index in [1.54, 1.807) is 0 Å². The van der Waals surface area contributed by atoms with Gasteiger partial charge in [-0.25, -0.2) is 0 Å². The summed E-state index contributed by atoms with van der Waals surface area (Å²) in [6.07, 6.45) is 8.37. The number of hydrogen-bond donors (Lipinski definition) is 1. The molecule has 1 heterocycles. The normalized spacial score (nSPS) is 35.3. The summed E-state index contributed by atoms with van der Waals surface area (Å²) in [6, 6.07) is 1.46. The van der Waals surface area contributed by atoms with Crippen molar-refractivity contribution < 1.29 is 4.74 Å². The van der Waals surface area contributed by atoms with Crippen molar-refractivity contribution in [3.8, 4) is 0 Å². The molecule has 1 saturated carbocycles. The van der Waals surface area contributed by atoms with Gasteiger partial charge in [0.2, 0.25) is 0 Å². The van der Waals surface area contributed by atoms with Gasteiger partial charge in [-0.1, -0.05) is 19.8 Å². The molecule has 3 nitrogen and oxygen atoms in total. The quantitative estimate of drug-likeness (QED) is 0.834. The van der Waals surface area contributed by atoms with Gasteiger partial charge >= 0.3 is 0 Å². The summed E-state index contributed by atoms with van der Waals surface area (Å²) in [5.74, 6) is 0. The predicted octanol–water partition coefficient (Wildman–Crippen LogP) is 2.41. The van der Waals surface area contributed by atoms with E-state index in [0.717, 1.165) is 19.2 Å². The van der Waals surface area contributed by atoms with Gasteiger partial charge in [0.25, 0.3) is 0 Å². The molecule has 0 aromatic carbocycles. The van der Waals surface area contributed by atoms with Gasteiger partial charge < -0.3 is 10.1 Å². The Morgan fingerprint density at radius 3 is 2.89 bits per heavy atom. The van der Waals surface area contributed by atoms with Crippen LogP contribution in [0.4, 0.5) is 0 Å². The molecule has 2 rings (SSSR count). The maximum atomic E-state index is 5.78. The minimum Gasteiger partial charge on any atom is -0.377 e. The summed E-state index contributed by atoms with van der Waals surface area (Å²) in [7, 11) is 0. The molecule has 1 N–H and O–H groups in total. The Bertz CT molecular complexity index is 235. The fraction of sp³-hybridized carbons (Fsp3) is 1.00. The fourth-order valence-corrected chi connectivity index (χ4v) is 3.44. The van der Waals surface area contributed by atoms with Crippen LogP contribution in [0.3, 0.4) is 0 Å². The third-order valence-corrected chi connectivity index (χ3v) is 4.34. The summed E-state index contributed by atoms with van der Waals surface area (Å²) in [6.45, 7) is 8.93. The molecule has 3 unspecified atom stereocenters. The third-order valence-electron chi connectivity index (χ3n) is 4.34. The van der Waals surface area contributed by atoms with Gasteiger partial charge in [-0.3, -0.25) is 4.90 Å². The molecular formula is C15H30N2O. The van der Waals surface area contributed by atoms with E-state index in [1.165, 1.54) is 51.6 Å². The lowest BCUT2D eigenvalue weighted by atomic mass is 9.88. The van der Waals surface area contributed by atoms with Gasteiger partial charge in [-0.2, -0.15) is 0 Å². The van der Waals surface area contributed by atoms with Gasteiger partial charge in [-0.15, -0.1) is 0 Å². The fourth-order valence-electron chi connectivity index (χ4n) is 3.44. The Balaban J connectivity index is 1.93. The van der Waals surface area contributed by atoms with E-state index in [2.05, 4.69) is 24.1 Å². The highest BCUT2D eigenvalue weighted by atomic mass is 16.5. The molecule has 0 radical (unpaired) electrons. The molecule has 1 aliphatic heterocycles. The van der Waals surface area contributed by atoms with Crippen LogP contribution in [-0.4, -0.2) is 49.3 Å². The molecular weight excluding hydrogens is 224 g/mol. The van der Waals surface area contributed by atoms with Gasteiger partial charge in [0.1, 0.15) is 0 Å². The highest BCUT2D eigenvalue weighted by Crippen LogP contribution is 2.25. The third kappa shape index (κ3) is 3.94. The van der Waals surface area contributed by atoms with E-state index in [1.807, 2.05) is 0 Å². The van der Waals surface area contributed by atoms with Crippen molar-refractivity contribution in [1.82, 2.24) is 10.2 Å². The predicted molar refractivity (Wildman–Crippen MR) is 75.9 cm³/mol. The minimum atomic E-state index is 0.404. The molecule has 1 saturated heterocycles. The van der Waals surface area contributed by atoms with Crippen LogP contribution in [0.15, 0.2) is 0 Å². The van der Waals surface area contributed by atoms with E-state index in [4.69, 9.17) is 4.74 Å². The number of nitrogens with zero attached hydrogens (tertiary/aromatic N) is 1. The van der Waals surface area contributed by atoms with Gasteiger partial charge in [-0.05, 0) is 39.2 Å². The highest BCUT2D eigenvalue weighted by Gasteiger charge is 2.31. The molecule has 3 heteroatoms. The van der Waals surface area contributed by atoms with E-state index >= 15 is 0 Å². The maximum Gasteiger partial charge on any atom is 0.0674 e. The summed E-state index contributed by atoms with van der Waals surface area (Å²) in [4.78, 5) is 2.70. The van der Waals surface area contributed by atoms with Gasteiger partial charge in [0.15, 0.2) is 0 Å². The van der Waals surface area contributed by atoms with Crippen molar-refractivity contribution in [1.29, 1.82) is 0 Å². The minimum absolute atomic E-state index is 0.404. The van der Waals surface area contributed by atoms with E-state index in [0.29, 0.717) is 12.1 Å². The zero-order valence-electron chi connectivity index (χ0n) is 12.2. The Labute approximate surface area is 112 Å². The molecule has 0 bridgehead atoms. The number of hydrogen-bond acceptors (Lipinski definition) is 3. The monoisotopic (exact) mass is 254 g/mol. The van der Waals surface area contributed by atoms with Gasteiger partial charge in [0.05, 0.1) is 6.10 Å². The second-order valence-corrected chi connectivity index (χ2v) is 5.94. The first-order valence-corrected chi connectivity index (χ1v) is 7.90.